The minimum Gasteiger partial charge on any atom is -0.310 e. The fourth-order valence-electron chi connectivity index (χ4n) is 2.65. The Balaban J connectivity index is 3.83. The zero-order valence-electron chi connectivity index (χ0n) is 15.0. The van der Waals surface area contributed by atoms with Gasteiger partial charge in [-0.2, -0.15) is 8.42 Å². The van der Waals surface area contributed by atoms with Crippen LogP contribution in [0.2, 0.25) is 0 Å². The SMILES string of the molecule is CCCCCCCCCCCCC(C)(C)C(C)(N)S(=O)(=O)O. The Bertz CT molecular complexity index is 389. The van der Waals surface area contributed by atoms with E-state index in [1.165, 1.54) is 58.3 Å². The highest BCUT2D eigenvalue weighted by atomic mass is 32.2. The van der Waals surface area contributed by atoms with Crippen LogP contribution < -0.4 is 5.73 Å². The van der Waals surface area contributed by atoms with Gasteiger partial charge in [-0.15, -0.1) is 0 Å². The predicted molar refractivity (Wildman–Crippen MR) is 94.4 cm³/mol. The Morgan fingerprint density at radius 2 is 1.18 bits per heavy atom. The molecule has 0 aromatic carbocycles. The van der Waals surface area contributed by atoms with Gasteiger partial charge in [0.15, 0.2) is 0 Å². The molecule has 134 valence electrons. The molecule has 0 aromatic rings. The first-order valence-corrected chi connectivity index (χ1v) is 10.3. The highest BCUT2D eigenvalue weighted by Crippen LogP contribution is 2.37. The van der Waals surface area contributed by atoms with Crippen LogP contribution >= 0.6 is 0 Å². The van der Waals surface area contributed by atoms with Gasteiger partial charge in [0.2, 0.25) is 0 Å². The summed E-state index contributed by atoms with van der Waals surface area (Å²) in [7, 11) is -4.24. The second-order valence-corrected chi connectivity index (χ2v) is 9.20. The Labute approximate surface area is 138 Å². The molecule has 0 aromatic heterocycles. The van der Waals surface area contributed by atoms with Gasteiger partial charge in [-0.05, 0) is 18.8 Å². The van der Waals surface area contributed by atoms with Gasteiger partial charge in [0, 0.05) is 0 Å². The molecule has 0 heterocycles. The lowest BCUT2D eigenvalue weighted by atomic mass is 9.80. The first-order valence-electron chi connectivity index (χ1n) is 8.82. The van der Waals surface area contributed by atoms with Gasteiger partial charge in [0.1, 0.15) is 4.87 Å². The molecule has 0 aliphatic heterocycles. The molecule has 0 saturated carbocycles. The van der Waals surface area contributed by atoms with Crippen molar-refractivity contribution in [3.8, 4) is 0 Å². The van der Waals surface area contributed by atoms with Crippen LogP contribution in [0, 0.1) is 5.41 Å². The second-order valence-electron chi connectivity index (χ2n) is 7.40. The maximum absolute atomic E-state index is 11.4. The van der Waals surface area contributed by atoms with Crippen LogP contribution in [0.3, 0.4) is 0 Å². The first-order chi connectivity index (χ1) is 10.1. The normalized spacial score (nSPS) is 15.7. The third-order valence-corrected chi connectivity index (χ3v) is 6.66. The summed E-state index contributed by atoms with van der Waals surface area (Å²) in [5, 5.41) is 0. The van der Waals surface area contributed by atoms with E-state index in [4.69, 9.17) is 5.73 Å². The Hall–Kier alpha value is -0.130. The van der Waals surface area contributed by atoms with E-state index in [9.17, 15) is 13.0 Å². The van der Waals surface area contributed by atoms with Crippen molar-refractivity contribution in [3.05, 3.63) is 0 Å². The van der Waals surface area contributed by atoms with Crippen molar-refractivity contribution in [3.63, 3.8) is 0 Å². The third-order valence-electron chi connectivity index (χ3n) is 5.03. The lowest BCUT2D eigenvalue weighted by molar-refractivity contribution is 0.216. The van der Waals surface area contributed by atoms with E-state index in [0.29, 0.717) is 6.42 Å². The van der Waals surface area contributed by atoms with Crippen LogP contribution in [0.4, 0.5) is 0 Å². The fraction of sp³-hybridized carbons (Fsp3) is 1.00. The molecule has 0 amide bonds. The van der Waals surface area contributed by atoms with Crippen LogP contribution in [0.15, 0.2) is 0 Å². The topological polar surface area (TPSA) is 80.4 Å². The van der Waals surface area contributed by atoms with Gasteiger partial charge in [-0.3, -0.25) is 4.55 Å². The molecule has 5 heteroatoms. The zero-order chi connectivity index (χ0) is 17.3. The summed E-state index contributed by atoms with van der Waals surface area (Å²) in [6, 6.07) is 0. The molecule has 0 spiro atoms. The molecule has 1 unspecified atom stereocenters. The van der Waals surface area contributed by atoms with Gasteiger partial charge in [0.05, 0.1) is 0 Å². The van der Waals surface area contributed by atoms with Gasteiger partial charge < -0.3 is 5.73 Å². The van der Waals surface area contributed by atoms with Crippen molar-refractivity contribution in [2.24, 2.45) is 11.1 Å². The summed E-state index contributed by atoms with van der Waals surface area (Å²) in [5.74, 6) is 0. The van der Waals surface area contributed by atoms with E-state index in [0.717, 1.165) is 12.8 Å². The molecule has 0 aliphatic carbocycles. The summed E-state index contributed by atoms with van der Waals surface area (Å²) < 4.78 is 32.1. The van der Waals surface area contributed by atoms with E-state index in [2.05, 4.69) is 6.92 Å². The number of hydrogen-bond acceptors (Lipinski definition) is 3. The average Bonchev–Trinajstić information content (AvgIpc) is 2.39. The molecule has 0 aliphatic rings. The van der Waals surface area contributed by atoms with E-state index in [1.807, 2.05) is 13.8 Å². The second kappa shape index (κ2) is 9.89. The lowest BCUT2D eigenvalue weighted by Gasteiger charge is -2.38. The van der Waals surface area contributed by atoms with Crippen LogP contribution in [0.1, 0.15) is 98.3 Å². The fourth-order valence-corrected chi connectivity index (χ4v) is 3.45. The largest absolute Gasteiger partial charge is 0.310 e. The van der Waals surface area contributed by atoms with Crippen molar-refractivity contribution in [1.29, 1.82) is 0 Å². The molecular weight excluding hydrogens is 298 g/mol. The Morgan fingerprint density at radius 3 is 1.55 bits per heavy atom. The van der Waals surface area contributed by atoms with E-state index < -0.39 is 20.4 Å². The quantitative estimate of drug-likeness (QED) is 0.371. The highest BCUT2D eigenvalue weighted by molar-refractivity contribution is 7.87. The molecule has 0 fully saturated rings. The molecule has 3 N–H and O–H groups in total. The minimum absolute atomic E-state index is 0.638. The molecule has 1 atom stereocenters. The summed E-state index contributed by atoms with van der Waals surface area (Å²) in [6.45, 7) is 7.26. The van der Waals surface area contributed by atoms with Crippen molar-refractivity contribution in [2.75, 3.05) is 0 Å². The minimum atomic E-state index is -4.24. The van der Waals surface area contributed by atoms with Gasteiger partial charge in [-0.25, -0.2) is 0 Å². The average molecular weight is 336 g/mol. The van der Waals surface area contributed by atoms with Crippen LogP contribution in [-0.4, -0.2) is 17.8 Å². The number of unbranched alkanes of at least 4 members (excludes halogenated alkanes) is 9. The van der Waals surface area contributed by atoms with Crippen molar-refractivity contribution >= 4 is 10.1 Å². The summed E-state index contributed by atoms with van der Waals surface area (Å²) in [6.07, 6.45) is 13.2. The van der Waals surface area contributed by atoms with E-state index in [-0.39, 0.29) is 0 Å². The highest BCUT2D eigenvalue weighted by Gasteiger charge is 2.47. The standard InChI is InChI=1S/C17H37NO3S/c1-5-6-7-8-9-10-11-12-13-14-15-16(2,3)17(4,18)22(19,20)21/h5-15,18H2,1-4H3,(H,19,20,21). The molecule has 0 bridgehead atoms. The monoisotopic (exact) mass is 335 g/mol. The maximum atomic E-state index is 11.4. The summed E-state index contributed by atoms with van der Waals surface area (Å²) in [4.78, 5) is -1.60. The third kappa shape index (κ3) is 7.42. The number of rotatable bonds is 13. The Kier molecular flexibility index (Phi) is 9.83. The van der Waals surface area contributed by atoms with Crippen molar-refractivity contribution < 1.29 is 13.0 Å². The summed E-state index contributed by atoms with van der Waals surface area (Å²) >= 11 is 0. The molecular formula is C17H37NO3S. The van der Waals surface area contributed by atoms with Crippen molar-refractivity contribution in [2.45, 2.75) is 103 Å². The summed E-state index contributed by atoms with van der Waals surface area (Å²) in [5.41, 5.74) is 5.22. The predicted octanol–water partition coefficient (Wildman–Crippen LogP) is 4.89. The van der Waals surface area contributed by atoms with Gasteiger partial charge in [0.25, 0.3) is 10.1 Å². The molecule has 0 rings (SSSR count). The molecule has 22 heavy (non-hydrogen) atoms. The molecule has 0 saturated heterocycles. The number of hydrogen-bond donors (Lipinski definition) is 2. The smallest absolute Gasteiger partial charge is 0.284 e. The maximum Gasteiger partial charge on any atom is 0.284 e. The van der Waals surface area contributed by atoms with Crippen molar-refractivity contribution in [1.82, 2.24) is 0 Å². The first kappa shape index (κ1) is 21.9. The Morgan fingerprint density at radius 1 is 0.818 bits per heavy atom. The van der Waals surface area contributed by atoms with Crippen LogP contribution in [-0.2, 0) is 10.1 Å². The van der Waals surface area contributed by atoms with E-state index in [1.54, 1.807) is 0 Å². The molecule has 0 radical (unpaired) electrons. The van der Waals surface area contributed by atoms with Gasteiger partial charge in [-0.1, -0.05) is 85.0 Å². The lowest BCUT2D eigenvalue weighted by Crippen LogP contribution is -2.55. The number of nitrogens with two attached hydrogens (primary N) is 1. The zero-order valence-corrected chi connectivity index (χ0v) is 15.8. The van der Waals surface area contributed by atoms with Crippen LogP contribution in [0.5, 0.6) is 0 Å². The molecule has 4 nitrogen and oxygen atoms in total. The van der Waals surface area contributed by atoms with Crippen LogP contribution in [0.25, 0.3) is 0 Å². The van der Waals surface area contributed by atoms with E-state index >= 15 is 0 Å². The van der Waals surface area contributed by atoms with Gasteiger partial charge >= 0.3 is 0 Å².